The second kappa shape index (κ2) is 6.77. The van der Waals surface area contributed by atoms with E-state index in [0.717, 1.165) is 19.4 Å². The van der Waals surface area contributed by atoms with Gasteiger partial charge in [-0.25, -0.2) is 4.39 Å². The van der Waals surface area contributed by atoms with Crippen molar-refractivity contribution in [2.45, 2.75) is 18.9 Å². The van der Waals surface area contributed by atoms with E-state index in [9.17, 15) is 9.18 Å². The van der Waals surface area contributed by atoms with Crippen molar-refractivity contribution in [3.63, 3.8) is 0 Å². The van der Waals surface area contributed by atoms with Gasteiger partial charge >= 0.3 is 0 Å². The molecule has 0 saturated carbocycles. The van der Waals surface area contributed by atoms with Crippen LogP contribution in [0, 0.1) is 5.82 Å². The molecule has 22 heavy (non-hydrogen) atoms. The zero-order valence-corrected chi connectivity index (χ0v) is 13.5. The van der Waals surface area contributed by atoms with Crippen molar-refractivity contribution in [1.29, 1.82) is 0 Å². The smallest absolute Gasteiger partial charge is 0.279 e. The molecule has 6 heteroatoms. The van der Waals surface area contributed by atoms with Crippen LogP contribution in [0.2, 0.25) is 5.02 Å². The Hall–Kier alpha value is -1.43. The fourth-order valence-electron chi connectivity index (χ4n) is 2.95. The lowest BCUT2D eigenvalue weighted by molar-refractivity contribution is -0.910. The molecule has 2 heterocycles. The predicted octanol–water partition coefficient (Wildman–Crippen LogP) is 2.90. The summed E-state index contributed by atoms with van der Waals surface area (Å²) in [6.07, 6.45) is 2.20. The summed E-state index contributed by atoms with van der Waals surface area (Å²) in [5.41, 5.74) is 0.142. The van der Waals surface area contributed by atoms with Gasteiger partial charge in [0, 0.05) is 17.9 Å². The summed E-state index contributed by atoms with van der Waals surface area (Å²) in [7, 11) is 0. The van der Waals surface area contributed by atoms with Gasteiger partial charge in [-0.15, -0.1) is 11.3 Å². The molecular formula is C16H17ClFN2OS+. The molecule has 1 amide bonds. The van der Waals surface area contributed by atoms with Gasteiger partial charge in [-0.2, -0.15) is 0 Å². The molecule has 1 saturated heterocycles. The Labute approximate surface area is 137 Å². The minimum atomic E-state index is -0.469. The number of hydrogen-bond donors (Lipinski definition) is 2. The first-order valence-corrected chi connectivity index (χ1v) is 8.52. The number of carbonyl (C=O) groups excluding carboxylic acids is 1. The Morgan fingerprint density at radius 3 is 3.09 bits per heavy atom. The number of likely N-dealkylation sites (tertiary alicyclic amines) is 1. The maximum absolute atomic E-state index is 13.7. The predicted molar refractivity (Wildman–Crippen MR) is 87.0 cm³/mol. The number of halogens is 2. The summed E-state index contributed by atoms with van der Waals surface area (Å²) < 4.78 is 13.7. The van der Waals surface area contributed by atoms with Crippen LogP contribution in [-0.2, 0) is 4.79 Å². The summed E-state index contributed by atoms with van der Waals surface area (Å²) in [6.45, 7) is 1.31. The van der Waals surface area contributed by atoms with Gasteiger partial charge < -0.3 is 10.2 Å². The van der Waals surface area contributed by atoms with Crippen molar-refractivity contribution in [2.24, 2.45) is 0 Å². The average Bonchev–Trinajstić information content (AvgIpc) is 3.13. The third-order valence-corrected chi connectivity index (χ3v) is 5.18. The van der Waals surface area contributed by atoms with Gasteiger partial charge in [0.2, 0.25) is 0 Å². The summed E-state index contributed by atoms with van der Waals surface area (Å²) in [4.78, 5) is 14.8. The van der Waals surface area contributed by atoms with Crippen LogP contribution in [0.5, 0.6) is 0 Å². The van der Waals surface area contributed by atoms with Crippen LogP contribution in [0.15, 0.2) is 35.7 Å². The third-order valence-electron chi connectivity index (χ3n) is 3.96. The molecule has 2 aromatic rings. The molecule has 3 rings (SSSR count). The van der Waals surface area contributed by atoms with Crippen molar-refractivity contribution < 1.29 is 14.1 Å². The quantitative estimate of drug-likeness (QED) is 0.882. The molecule has 1 aliphatic heterocycles. The number of benzene rings is 1. The molecule has 1 unspecified atom stereocenters. The molecule has 0 spiro atoms. The number of nitrogens with one attached hydrogen (secondary N) is 2. The van der Waals surface area contributed by atoms with Crippen molar-refractivity contribution in [1.82, 2.24) is 0 Å². The molecule has 0 bridgehead atoms. The number of thiophene rings is 1. The number of anilines is 1. The molecule has 0 radical (unpaired) electrons. The maximum Gasteiger partial charge on any atom is 0.279 e. The van der Waals surface area contributed by atoms with E-state index in [1.165, 1.54) is 28.0 Å². The van der Waals surface area contributed by atoms with Gasteiger partial charge in [0.1, 0.15) is 11.9 Å². The molecule has 2 atom stereocenters. The highest BCUT2D eigenvalue weighted by Crippen LogP contribution is 2.23. The summed E-state index contributed by atoms with van der Waals surface area (Å²) in [5, 5.41) is 5.09. The van der Waals surface area contributed by atoms with E-state index < -0.39 is 5.82 Å². The fraction of sp³-hybridized carbons (Fsp3) is 0.312. The number of hydrogen-bond acceptors (Lipinski definition) is 2. The van der Waals surface area contributed by atoms with Gasteiger partial charge in [-0.1, -0.05) is 17.7 Å². The van der Waals surface area contributed by atoms with Crippen molar-refractivity contribution in [3.8, 4) is 0 Å². The third kappa shape index (κ3) is 3.48. The summed E-state index contributed by atoms with van der Waals surface area (Å²) in [6, 6.07) is 8.69. The van der Waals surface area contributed by atoms with Crippen molar-refractivity contribution in [3.05, 3.63) is 51.4 Å². The highest BCUT2D eigenvalue weighted by atomic mass is 35.5. The molecule has 1 aromatic carbocycles. The minimum absolute atomic E-state index is 0.142. The lowest BCUT2D eigenvalue weighted by Crippen LogP contribution is -3.11. The Bertz CT molecular complexity index is 662. The van der Waals surface area contributed by atoms with E-state index in [-0.39, 0.29) is 11.6 Å². The molecule has 1 aromatic heterocycles. The molecule has 1 fully saturated rings. The van der Waals surface area contributed by atoms with E-state index >= 15 is 0 Å². The number of rotatable bonds is 4. The second-order valence-corrected chi connectivity index (χ2v) is 6.88. The van der Waals surface area contributed by atoms with Crippen LogP contribution in [0.25, 0.3) is 0 Å². The highest BCUT2D eigenvalue weighted by Gasteiger charge is 2.32. The Morgan fingerprint density at radius 1 is 1.45 bits per heavy atom. The number of quaternary nitrogens is 1. The van der Waals surface area contributed by atoms with Crippen LogP contribution in [0.4, 0.5) is 10.1 Å². The first-order chi connectivity index (χ1) is 10.6. The number of amides is 1. The Kier molecular flexibility index (Phi) is 4.76. The lowest BCUT2D eigenvalue weighted by Gasteiger charge is -2.20. The minimum Gasteiger partial charge on any atom is -0.320 e. The monoisotopic (exact) mass is 339 g/mol. The molecule has 1 aliphatic rings. The van der Waals surface area contributed by atoms with Crippen molar-refractivity contribution >= 4 is 34.5 Å². The lowest BCUT2D eigenvalue weighted by atomic mass is 10.2. The van der Waals surface area contributed by atoms with Gasteiger partial charge in [0.25, 0.3) is 5.91 Å². The van der Waals surface area contributed by atoms with Gasteiger partial charge in [0.05, 0.1) is 17.1 Å². The van der Waals surface area contributed by atoms with E-state index in [4.69, 9.17) is 11.6 Å². The molecule has 3 nitrogen and oxygen atoms in total. The molecule has 2 N–H and O–H groups in total. The van der Waals surface area contributed by atoms with E-state index in [1.54, 1.807) is 11.3 Å². The first kappa shape index (κ1) is 15.5. The van der Waals surface area contributed by atoms with E-state index in [2.05, 4.69) is 16.8 Å². The standard InChI is InChI=1S/C16H16ClFN2OS/c17-11-5-6-12(18)13(9-11)19-16(21)10-20-7-1-3-14(20)15-4-2-8-22-15/h2,4-6,8-9,14H,1,3,7,10H2,(H,19,21)/p+1/t14-/m0/s1. The average molecular weight is 340 g/mol. The van der Waals surface area contributed by atoms with E-state index in [1.807, 2.05) is 6.07 Å². The van der Waals surface area contributed by atoms with Crippen LogP contribution >= 0.6 is 22.9 Å². The largest absolute Gasteiger partial charge is 0.320 e. The van der Waals surface area contributed by atoms with Crippen LogP contribution in [-0.4, -0.2) is 19.0 Å². The van der Waals surface area contributed by atoms with Gasteiger partial charge in [-0.05, 0) is 29.6 Å². The van der Waals surface area contributed by atoms with Crippen molar-refractivity contribution in [2.75, 3.05) is 18.4 Å². The zero-order chi connectivity index (χ0) is 15.5. The summed E-state index contributed by atoms with van der Waals surface area (Å²) >= 11 is 7.57. The maximum atomic E-state index is 13.7. The molecule has 116 valence electrons. The van der Waals surface area contributed by atoms with Gasteiger partial charge in [-0.3, -0.25) is 4.79 Å². The fourth-order valence-corrected chi connectivity index (χ4v) is 4.04. The normalized spacial score (nSPS) is 21.0. The SMILES string of the molecule is O=C(C[NH+]1CCC[C@H]1c1cccs1)Nc1cc(Cl)ccc1F. The first-order valence-electron chi connectivity index (χ1n) is 7.26. The highest BCUT2D eigenvalue weighted by molar-refractivity contribution is 7.10. The van der Waals surface area contributed by atoms with E-state index in [0.29, 0.717) is 17.6 Å². The molecule has 0 aliphatic carbocycles. The zero-order valence-electron chi connectivity index (χ0n) is 11.9. The topological polar surface area (TPSA) is 33.5 Å². The van der Waals surface area contributed by atoms with Crippen LogP contribution in [0.3, 0.4) is 0 Å². The summed E-state index contributed by atoms with van der Waals surface area (Å²) in [5.74, 6) is -0.649. The van der Waals surface area contributed by atoms with Crippen LogP contribution in [0.1, 0.15) is 23.8 Å². The second-order valence-electron chi connectivity index (χ2n) is 5.47. The molecular weight excluding hydrogens is 323 g/mol. The van der Waals surface area contributed by atoms with Gasteiger partial charge in [0.15, 0.2) is 6.54 Å². The Morgan fingerprint density at radius 2 is 2.32 bits per heavy atom. The Balaban J connectivity index is 1.65. The number of carbonyl (C=O) groups is 1. The van der Waals surface area contributed by atoms with Crippen LogP contribution < -0.4 is 10.2 Å².